The molecule has 12 heteroatoms. The molecular formula is C35H36ClFN8O2. The number of nitrogens with one attached hydrogen (secondary N) is 1. The van der Waals surface area contributed by atoms with Gasteiger partial charge in [0, 0.05) is 55.4 Å². The predicted molar refractivity (Wildman–Crippen MR) is 185 cm³/mol. The van der Waals surface area contributed by atoms with E-state index in [4.69, 9.17) is 16.6 Å². The fourth-order valence-electron chi connectivity index (χ4n) is 7.52. The molecule has 5 aromatic rings. The summed E-state index contributed by atoms with van der Waals surface area (Å²) in [5, 5.41) is 8.58. The SMILES string of the molecule is C=CC(=O)N1CC(C)N2c3nc(=O)n(-c4c(C)ccnc4C(C)C)c4c(F)c(-c5c(C)ccc6[nH]ncc56)c(Cl)c(c34)N(C)CC2C1. The molecule has 1 saturated heterocycles. The van der Waals surface area contributed by atoms with Crippen LogP contribution in [0.5, 0.6) is 0 Å². The van der Waals surface area contributed by atoms with Crippen LogP contribution in [0.4, 0.5) is 15.9 Å². The first-order valence-electron chi connectivity index (χ1n) is 15.7. The standard InChI is InChI=1S/C35H36ClFN8O2/c1-8-24(46)43-14-20(6)44-21(16-43)15-42(7)32-27-33(29(37)26(28(32)36)25-18(4)9-10-23-22(25)13-39-41-23)45(35(47)40-34(27)44)31-19(5)11-12-38-30(31)17(2)3/h8-13,17,20-21H,1,14-16H2,2-7H3,(H,39,41). The van der Waals surface area contributed by atoms with Gasteiger partial charge in [0.15, 0.2) is 5.82 Å². The average molecular weight is 655 g/mol. The summed E-state index contributed by atoms with van der Waals surface area (Å²) < 4.78 is 19.3. The summed E-state index contributed by atoms with van der Waals surface area (Å²) in [4.78, 5) is 42.4. The molecule has 242 valence electrons. The Bertz CT molecular complexity index is 2190. The summed E-state index contributed by atoms with van der Waals surface area (Å²) in [6.07, 6.45) is 4.68. The van der Waals surface area contributed by atoms with Crippen LogP contribution >= 0.6 is 11.6 Å². The lowest BCUT2D eigenvalue weighted by atomic mass is 9.93. The number of aromatic nitrogens is 5. The van der Waals surface area contributed by atoms with Crippen LogP contribution < -0.4 is 15.5 Å². The molecular weight excluding hydrogens is 619 g/mol. The number of piperazine rings is 1. The maximum atomic E-state index is 17.9. The van der Waals surface area contributed by atoms with Gasteiger partial charge in [-0.2, -0.15) is 10.1 Å². The van der Waals surface area contributed by atoms with E-state index in [1.807, 2.05) is 64.8 Å². The quantitative estimate of drug-likeness (QED) is 0.241. The van der Waals surface area contributed by atoms with Gasteiger partial charge < -0.3 is 14.7 Å². The van der Waals surface area contributed by atoms with Crippen LogP contribution in [0, 0.1) is 19.7 Å². The molecule has 0 aliphatic carbocycles. The summed E-state index contributed by atoms with van der Waals surface area (Å²) in [5.74, 6) is -0.523. The molecule has 0 bridgehead atoms. The molecule has 1 amide bonds. The van der Waals surface area contributed by atoms with Crippen molar-refractivity contribution in [2.24, 2.45) is 0 Å². The van der Waals surface area contributed by atoms with Gasteiger partial charge in [-0.1, -0.05) is 38.1 Å². The first kappa shape index (κ1) is 30.9. The third-order valence-electron chi connectivity index (χ3n) is 9.56. The number of nitrogens with zero attached hydrogens (tertiary/aromatic N) is 7. The summed E-state index contributed by atoms with van der Waals surface area (Å²) >= 11 is 7.39. The van der Waals surface area contributed by atoms with Crippen molar-refractivity contribution >= 4 is 50.8 Å². The van der Waals surface area contributed by atoms with Crippen molar-refractivity contribution in [3.05, 3.63) is 81.4 Å². The van der Waals surface area contributed by atoms with Gasteiger partial charge in [-0.3, -0.25) is 19.4 Å². The molecule has 5 heterocycles. The zero-order valence-corrected chi connectivity index (χ0v) is 28.0. The molecule has 47 heavy (non-hydrogen) atoms. The maximum absolute atomic E-state index is 17.9. The number of fused-ring (bicyclic) bond motifs is 3. The molecule has 0 radical (unpaired) electrons. The first-order chi connectivity index (χ1) is 22.4. The molecule has 1 fully saturated rings. The van der Waals surface area contributed by atoms with E-state index in [9.17, 15) is 9.59 Å². The zero-order chi connectivity index (χ0) is 33.5. The molecule has 10 nitrogen and oxygen atoms in total. The average Bonchev–Trinajstić information content (AvgIpc) is 3.46. The summed E-state index contributed by atoms with van der Waals surface area (Å²) in [7, 11) is 1.91. The Kier molecular flexibility index (Phi) is 7.35. The van der Waals surface area contributed by atoms with Gasteiger partial charge in [-0.05, 0) is 56.0 Å². The molecule has 2 aromatic carbocycles. The van der Waals surface area contributed by atoms with E-state index in [1.165, 1.54) is 10.6 Å². The molecule has 2 aliphatic heterocycles. The second-order valence-electron chi connectivity index (χ2n) is 13.0. The Labute approximate surface area is 276 Å². The van der Waals surface area contributed by atoms with Gasteiger partial charge in [0.25, 0.3) is 0 Å². The van der Waals surface area contributed by atoms with Crippen molar-refractivity contribution in [1.82, 2.24) is 29.6 Å². The van der Waals surface area contributed by atoms with Crippen LogP contribution in [0.3, 0.4) is 0 Å². The molecule has 0 spiro atoms. The number of likely N-dealkylation sites (N-methyl/N-ethyl adjacent to an activating group) is 1. The van der Waals surface area contributed by atoms with E-state index in [1.54, 1.807) is 17.3 Å². The molecule has 0 saturated carbocycles. The summed E-state index contributed by atoms with van der Waals surface area (Å²) in [6.45, 7) is 14.6. The van der Waals surface area contributed by atoms with Gasteiger partial charge in [-0.25, -0.2) is 9.18 Å². The van der Waals surface area contributed by atoms with Crippen molar-refractivity contribution in [2.75, 3.05) is 36.5 Å². The summed E-state index contributed by atoms with van der Waals surface area (Å²) in [6, 6.07) is 5.11. The number of aromatic amines is 1. The molecule has 2 unspecified atom stereocenters. The number of amides is 1. The Morgan fingerprint density at radius 1 is 1.13 bits per heavy atom. The van der Waals surface area contributed by atoms with E-state index in [0.717, 1.165) is 16.6 Å². The second-order valence-corrected chi connectivity index (χ2v) is 13.3. The first-order valence-corrected chi connectivity index (χ1v) is 16.1. The summed E-state index contributed by atoms with van der Waals surface area (Å²) in [5.41, 5.74) is 4.24. The molecule has 3 aromatic heterocycles. The van der Waals surface area contributed by atoms with Crippen LogP contribution in [0.25, 0.3) is 38.6 Å². The van der Waals surface area contributed by atoms with E-state index in [2.05, 4.69) is 26.7 Å². The number of rotatable bonds is 4. The molecule has 7 rings (SSSR count). The number of carbonyl (C=O) groups is 1. The molecule has 1 N–H and O–H groups in total. The van der Waals surface area contributed by atoms with Gasteiger partial charge >= 0.3 is 5.69 Å². The number of halogens is 2. The van der Waals surface area contributed by atoms with E-state index in [-0.39, 0.29) is 40.0 Å². The van der Waals surface area contributed by atoms with Crippen LogP contribution in [0.2, 0.25) is 5.02 Å². The lowest BCUT2D eigenvalue weighted by Crippen LogP contribution is -2.61. The Hall–Kier alpha value is -4.77. The van der Waals surface area contributed by atoms with Crippen molar-refractivity contribution in [3.63, 3.8) is 0 Å². The minimum atomic E-state index is -0.635. The van der Waals surface area contributed by atoms with Crippen molar-refractivity contribution in [2.45, 2.75) is 52.6 Å². The molecule has 2 aliphatic rings. The van der Waals surface area contributed by atoms with E-state index in [0.29, 0.717) is 58.9 Å². The third-order valence-corrected chi connectivity index (χ3v) is 9.92. The van der Waals surface area contributed by atoms with Crippen LogP contribution in [0.1, 0.15) is 43.5 Å². The van der Waals surface area contributed by atoms with Crippen LogP contribution in [0.15, 0.2) is 48.0 Å². The fourth-order valence-corrected chi connectivity index (χ4v) is 7.94. The van der Waals surface area contributed by atoms with Crippen LogP contribution in [-0.2, 0) is 4.79 Å². The number of carbonyl (C=O) groups excluding carboxylic acids is 1. The monoisotopic (exact) mass is 654 g/mol. The minimum absolute atomic E-state index is 0.0685. The highest BCUT2D eigenvalue weighted by Gasteiger charge is 2.41. The van der Waals surface area contributed by atoms with Gasteiger partial charge in [0.05, 0.1) is 45.2 Å². The maximum Gasteiger partial charge on any atom is 0.354 e. The van der Waals surface area contributed by atoms with Gasteiger partial charge in [0.1, 0.15) is 11.3 Å². The van der Waals surface area contributed by atoms with Gasteiger partial charge in [0.2, 0.25) is 5.91 Å². The number of pyridine rings is 1. The minimum Gasteiger partial charge on any atom is -0.371 e. The van der Waals surface area contributed by atoms with Gasteiger partial charge in [-0.15, -0.1) is 0 Å². The third kappa shape index (κ3) is 4.54. The zero-order valence-electron chi connectivity index (χ0n) is 27.2. The number of aryl methyl sites for hydroxylation is 2. The lowest BCUT2D eigenvalue weighted by Gasteiger charge is -2.46. The van der Waals surface area contributed by atoms with Crippen LogP contribution in [-0.4, -0.2) is 74.3 Å². The number of benzene rings is 2. The van der Waals surface area contributed by atoms with E-state index < -0.39 is 11.5 Å². The number of H-pyrrole nitrogens is 1. The molecule has 2 atom stereocenters. The van der Waals surface area contributed by atoms with Crippen molar-refractivity contribution in [3.8, 4) is 16.8 Å². The smallest absolute Gasteiger partial charge is 0.354 e. The highest BCUT2D eigenvalue weighted by atomic mass is 35.5. The Morgan fingerprint density at radius 2 is 1.89 bits per heavy atom. The topological polar surface area (TPSA) is 103 Å². The fraction of sp³-hybridized carbons (Fsp3) is 0.343. The number of hydrogen-bond donors (Lipinski definition) is 1. The largest absolute Gasteiger partial charge is 0.371 e. The van der Waals surface area contributed by atoms with E-state index >= 15 is 4.39 Å². The number of hydrogen-bond acceptors (Lipinski definition) is 7. The normalized spacial score (nSPS) is 17.9. The Morgan fingerprint density at radius 3 is 2.62 bits per heavy atom. The second kappa shape index (κ2) is 11.2. The van der Waals surface area contributed by atoms with Crippen molar-refractivity contribution < 1.29 is 9.18 Å². The number of anilines is 2. The Balaban J connectivity index is 1.67. The lowest BCUT2D eigenvalue weighted by molar-refractivity contribution is -0.127. The predicted octanol–water partition coefficient (Wildman–Crippen LogP) is 5.90. The highest BCUT2D eigenvalue weighted by molar-refractivity contribution is 6.39. The van der Waals surface area contributed by atoms with Crippen molar-refractivity contribution in [1.29, 1.82) is 0 Å². The highest BCUT2D eigenvalue weighted by Crippen LogP contribution is 2.50.